The van der Waals surface area contributed by atoms with Gasteiger partial charge in [0, 0.05) is 46.7 Å². The van der Waals surface area contributed by atoms with Gasteiger partial charge in [0.1, 0.15) is 11.5 Å². The molecule has 8 nitrogen and oxygen atoms in total. The molecule has 0 bridgehead atoms. The first-order valence-electron chi connectivity index (χ1n) is 9.33. The van der Waals surface area contributed by atoms with Gasteiger partial charge in [-0.1, -0.05) is 12.1 Å². The molecule has 1 amide bonds. The van der Waals surface area contributed by atoms with E-state index in [1.807, 2.05) is 0 Å². The summed E-state index contributed by atoms with van der Waals surface area (Å²) in [5.41, 5.74) is 7.73. The third-order valence-electron chi connectivity index (χ3n) is 4.58. The molecule has 0 aliphatic heterocycles. The molecule has 0 saturated carbocycles. The highest BCUT2D eigenvalue weighted by atomic mass is 32.2. The van der Waals surface area contributed by atoms with Crippen molar-refractivity contribution < 1.29 is 17.6 Å². The Morgan fingerprint density at radius 2 is 1.80 bits per heavy atom. The molecule has 1 heterocycles. The van der Waals surface area contributed by atoms with Crippen molar-refractivity contribution in [3.63, 3.8) is 0 Å². The van der Waals surface area contributed by atoms with Crippen LogP contribution in [0, 0.1) is 6.92 Å². The van der Waals surface area contributed by atoms with Gasteiger partial charge in [0.05, 0.1) is 17.1 Å². The van der Waals surface area contributed by atoms with Crippen LogP contribution in [0.1, 0.15) is 27.3 Å². The number of halogens is 1. The Hall–Kier alpha value is -2.56. The number of aryl methyl sites for hydroxylation is 1. The van der Waals surface area contributed by atoms with E-state index in [4.69, 9.17) is 5.73 Å². The molecule has 0 spiro atoms. The third kappa shape index (κ3) is 5.13. The van der Waals surface area contributed by atoms with Crippen molar-refractivity contribution in [2.75, 3.05) is 34.7 Å². The van der Waals surface area contributed by atoms with E-state index < -0.39 is 15.9 Å². The lowest BCUT2D eigenvalue weighted by molar-refractivity contribution is 0.0814. The lowest BCUT2D eigenvalue weighted by Crippen LogP contribution is -2.26. The Labute approximate surface area is 176 Å². The van der Waals surface area contributed by atoms with Crippen LogP contribution in [0.2, 0.25) is 0 Å². The summed E-state index contributed by atoms with van der Waals surface area (Å²) < 4.78 is 41.0. The Kier molecular flexibility index (Phi) is 7.51. The minimum Gasteiger partial charge on any atom is -0.343 e. The second kappa shape index (κ2) is 9.50. The van der Waals surface area contributed by atoms with Crippen molar-refractivity contribution in [1.29, 1.82) is 0 Å². The first-order valence-corrected chi connectivity index (χ1v) is 10.8. The van der Waals surface area contributed by atoms with E-state index in [9.17, 15) is 17.6 Å². The van der Waals surface area contributed by atoms with Crippen LogP contribution in [0.3, 0.4) is 0 Å². The van der Waals surface area contributed by atoms with E-state index in [2.05, 4.69) is 5.10 Å². The smallest absolute Gasteiger partial charge is 0.271 e. The SMILES string of the molecule is Cc1nn(CC(F)=CCN)c(C(=O)N(C)C)c1Cc1ccc(S(=O)(=O)N(C)C)cc1. The van der Waals surface area contributed by atoms with Crippen molar-refractivity contribution in [2.45, 2.75) is 24.8 Å². The Bertz CT molecular complexity index is 1040. The van der Waals surface area contributed by atoms with Crippen LogP contribution in [-0.2, 0) is 23.0 Å². The molecule has 2 N–H and O–H groups in total. The lowest BCUT2D eigenvalue weighted by atomic mass is 10.0. The molecule has 0 unspecified atom stereocenters. The Balaban J connectivity index is 2.45. The maximum Gasteiger partial charge on any atom is 0.271 e. The second-order valence-corrected chi connectivity index (χ2v) is 9.42. The van der Waals surface area contributed by atoms with Crippen molar-refractivity contribution in [2.24, 2.45) is 5.73 Å². The van der Waals surface area contributed by atoms with Crippen LogP contribution >= 0.6 is 0 Å². The fourth-order valence-electron chi connectivity index (χ4n) is 2.93. The van der Waals surface area contributed by atoms with Crippen LogP contribution in [0.5, 0.6) is 0 Å². The van der Waals surface area contributed by atoms with Crippen LogP contribution < -0.4 is 5.73 Å². The predicted octanol–water partition coefficient (Wildman–Crippen LogP) is 1.55. The van der Waals surface area contributed by atoms with Gasteiger partial charge >= 0.3 is 0 Å². The molecule has 10 heteroatoms. The number of nitrogens with two attached hydrogens (primary N) is 1. The molecular formula is C20H28FN5O3S. The number of hydrogen-bond acceptors (Lipinski definition) is 5. The highest BCUT2D eigenvalue weighted by molar-refractivity contribution is 7.89. The topological polar surface area (TPSA) is 102 Å². The van der Waals surface area contributed by atoms with Crippen molar-refractivity contribution >= 4 is 15.9 Å². The summed E-state index contributed by atoms with van der Waals surface area (Å²) in [6, 6.07) is 6.46. The van der Waals surface area contributed by atoms with Gasteiger partial charge in [-0.3, -0.25) is 9.48 Å². The second-order valence-electron chi connectivity index (χ2n) is 7.26. The zero-order chi connectivity index (χ0) is 22.6. The molecule has 164 valence electrons. The maximum absolute atomic E-state index is 14.1. The summed E-state index contributed by atoms with van der Waals surface area (Å²) in [5.74, 6) is -0.768. The lowest BCUT2D eigenvalue weighted by Gasteiger charge is -2.14. The summed E-state index contributed by atoms with van der Waals surface area (Å²) in [6.45, 7) is 1.62. The van der Waals surface area contributed by atoms with E-state index in [0.29, 0.717) is 23.4 Å². The van der Waals surface area contributed by atoms with E-state index in [0.717, 1.165) is 9.87 Å². The number of benzene rings is 1. The Morgan fingerprint density at radius 1 is 1.20 bits per heavy atom. The van der Waals surface area contributed by atoms with Gasteiger partial charge in [-0.15, -0.1) is 0 Å². The largest absolute Gasteiger partial charge is 0.343 e. The molecule has 0 aliphatic rings. The molecule has 30 heavy (non-hydrogen) atoms. The molecule has 1 aromatic carbocycles. The summed E-state index contributed by atoms with van der Waals surface area (Å²) in [4.78, 5) is 14.4. The number of sulfonamides is 1. The number of nitrogens with zero attached hydrogens (tertiary/aromatic N) is 4. The van der Waals surface area contributed by atoms with Crippen LogP contribution in [-0.4, -0.2) is 68.0 Å². The van der Waals surface area contributed by atoms with Crippen LogP contribution in [0.15, 0.2) is 41.1 Å². The van der Waals surface area contributed by atoms with Gasteiger partial charge in [0.15, 0.2) is 0 Å². The fraction of sp³-hybridized carbons (Fsp3) is 0.400. The molecule has 0 radical (unpaired) electrons. The average molecular weight is 438 g/mol. The number of aromatic nitrogens is 2. The zero-order valence-corrected chi connectivity index (χ0v) is 18.7. The summed E-state index contributed by atoms with van der Waals surface area (Å²) >= 11 is 0. The first kappa shape index (κ1) is 23.7. The van der Waals surface area contributed by atoms with Crippen molar-refractivity contribution in [1.82, 2.24) is 19.0 Å². The zero-order valence-electron chi connectivity index (χ0n) is 17.9. The minimum absolute atomic E-state index is 0.0537. The summed E-state index contributed by atoms with van der Waals surface area (Å²) in [6.07, 6.45) is 1.59. The number of carbonyl (C=O) groups excluding carboxylic acids is 1. The van der Waals surface area contributed by atoms with Gasteiger partial charge in [-0.25, -0.2) is 17.1 Å². The standard InChI is InChI=1S/C20H28FN5O3S/c1-14-18(12-15-6-8-17(9-7-15)30(28,29)25(4)5)19(20(27)24(2)3)26(23-14)13-16(21)10-11-22/h6-10H,11-13,22H2,1-5H3. The predicted molar refractivity (Wildman–Crippen MR) is 113 cm³/mol. The van der Waals surface area contributed by atoms with Crippen LogP contribution in [0.4, 0.5) is 4.39 Å². The molecule has 2 rings (SSSR count). The number of carbonyl (C=O) groups is 1. The third-order valence-corrected chi connectivity index (χ3v) is 6.41. The van der Waals surface area contributed by atoms with E-state index in [1.54, 1.807) is 33.2 Å². The van der Waals surface area contributed by atoms with Crippen molar-refractivity contribution in [3.8, 4) is 0 Å². The highest BCUT2D eigenvalue weighted by Crippen LogP contribution is 2.22. The number of hydrogen-bond donors (Lipinski definition) is 1. The number of rotatable bonds is 8. The highest BCUT2D eigenvalue weighted by Gasteiger charge is 2.24. The van der Waals surface area contributed by atoms with Gasteiger partial charge in [0.2, 0.25) is 10.0 Å². The molecule has 2 aromatic rings. The van der Waals surface area contributed by atoms with E-state index in [1.165, 1.54) is 41.9 Å². The molecule has 0 fully saturated rings. The van der Waals surface area contributed by atoms with E-state index >= 15 is 0 Å². The molecule has 1 aromatic heterocycles. The maximum atomic E-state index is 14.1. The van der Waals surface area contributed by atoms with Gasteiger partial charge in [-0.05, 0) is 30.7 Å². The minimum atomic E-state index is -3.52. The number of allylic oxidation sites excluding steroid dienone is 1. The van der Waals surface area contributed by atoms with Gasteiger partial charge < -0.3 is 10.6 Å². The summed E-state index contributed by atoms with van der Waals surface area (Å²) in [5, 5.41) is 4.36. The Morgan fingerprint density at radius 3 is 2.30 bits per heavy atom. The molecule has 0 saturated heterocycles. The van der Waals surface area contributed by atoms with Gasteiger partial charge in [0.25, 0.3) is 5.91 Å². The number of amides is 1. The van der Waals surface area contributed by atoms with Crippen molar-refractivity contribution in [3.05, 3.63) is 58.7 Å². The fourth-order valence-corrected chi connectivity index (χ4v) is 3.83. The monoisotopic (exact) mass is 437 g/mol. The van der Waals surface area contributed by atoms with Gasteiger partial charge in [-0.2, -0.15) is 5.10 Å². The molecular weight excluding hydrogens is 409 g/mol. The molecule has 0 atom stereocenters. The molecule has 0 aliphatic carbocycles. The van der Waals surface area contributed by atoms with E-state index in [-0.39, 0.29) is 23.9 Å². The average Bonchev–Trinajstić information content (AvgIpc) is 2.96. The first-order chi connectivity index (χ1) is 14.0. The normalized spacial score (nSPS) is 12.5. The summed E-state index contributed by atoms with van der Waals surface area (Å²) in [7, 11) is 2.65. The quantitative estimate of drug-likeness (QED) is 0.675. The van der Waals surface area contributed by atoms with Crippen LogP contribution in [0.25, 0.3) is 0 Å².